The van der Waals surface area contributed by atoms with Gasteiger partial charge < -0.3 is 15.7 Å². The third-order valence-electron chi connectivity index (χ3n) is 3.70. The fourth-order valence-electron chi connectivity index (χ4n) is 2.18. The molecule has 0 aliphatic heterocycles. The molecule has 1 rings (SSSR count). The predicted molar refractivity (Wildman–Crippen MR) is 78.0 cm³/mol. The van der Waals surface area contributed by atoms with Crippen molar-refractivity contribution in [3.8, 4) is 0 Å². The molecule has 1 unspecified atom stereocenters. The van der Waals surface area contributed by atoms with E-state index in [1.807, 2.05) is 6.92 Å². The Morgan fingerprint density at radius 1 is 1.33 bits per heavy atom. The van der Waals surface area contributed by atoms with E-state index in [4.69, 9.17) is 5.73 Å². The topological polar surface area (TPSA) is 49.5 Å². The van der Waals surface area contributed by atoms with Crippen LogP contribution in [0.3, 0.4) is 0 Å². The van der Waals surface area contributed by atoms with Crippen molar-refractivity contribution in [1.29, 1.82) is 0 Å². The highest BCUT2D eigenvalue weighted by Gasteiger charge is 2.21. The van der Waals surface area contributed by atoms with Crippen LogP contribution in [0.4, 0.5) is 5.69 Å². The first-order chi connectivity index (χ1) is 8.52. The molecule has 18 heavy (non-hydrogen) atoms. The lowest BCUT2D eigenvalue weighted by molar-refractivity contribution is 0.0350. The molecule has 3 N–H and O–H groups in total. The average molecular weight is 250 g/mol. The number of aryl methyl sites for hydroxylation is 1. The van der Waals surface area contributed by atoms with Crippen molar-refractivity contribution in [1.82, 2.24) is 0 Å². The van der Waals surface area contributed by atoms with E-state index < -0.39 is 5.60 Å². The lowest BCUT2D eigenvalue weighted by Crippen LogP contribution is -2.37. The number of rotatable bonds is 7. The Hall–Kier alpha value is -1.06. The van der Waals surface area contributed by atoms with E-state index in [-0.39, 0.29) is 0 Å². The van der Waals surface area contributed by atoms with Crippen molar-refractivity contribution in [2.75, 3.05) is 25.0 Å². The van der Waals surface area contributed by atoms with Crippen LogP contribution in [0.5, 0.6) is 0 Å². The van der Waals surface area contributed by atoms with Gasteiger partial charge >= 0.3 is 0 Å². The van der Waals surface area contributed by atoms with E-state index in [1.54, 1.807) is 0 Å². The maximum Gasteiger partial charge on any atom is 0.0767 e. The Kier molecular flexibility index (Phi) is 5.63. The van der Waals surface area contributed by atoms with Gasteiger partial charge in [-0.25, -0.2) is 0 Å². The summed E-state index contributed by atoms with van der Waals surface area (Å²) in [4.78, 5) is 2.24. The first kappa shape index (κ1) is 15.0. The third kappa shape index (κ3) is 4.00. The van der Waals surface area contributed by atoms with E-state index >= 15 is 0 Å². The van der Waals surface area contributed by atoms with Crippen LogP contribution in [0.2, 0.25) is 0 Å². The second-order valence-corrected chi connectivity index (χ2v) is 5.09. The zero-order valence-electron chi connectivity index (χ0n) is 11.8. The number of para-hydroxylation sites is 1. The Bertz CT molecular complexity index is 361. The summed E-state index contributed by atoms with van der Waals surface area (Å²) in [5, 5.41) is 10.1. The van der Waals surface area contributed by atoms with Crippen LogP contribution in [0.1, 0.15) is 31.7 Å². The number of anilines is 1. The van der Waals surface area contributed by atoms with Gasteiger partial charge in [-0.2, -0.15) is 0 Å². The van der Waals surface area contributed by atoms with E-state index in [0.29, 0.717) is 6.54 Å². The highest BCUT2D eigenvalue weighted by molar-refractivity contribution is 5.52. The Morgan fingerprint density at radius 3 is 2.56 bits per heavy atom. The van der Waals surface area contributed by atoms with Gasteiger partial charge in [0.1, 0.15) is 0 Å². The quantitative estimate of drug-likeness (QED) is 0.781. The van der Waals surface area contributed by atoms with Crippen molar-refractivity contribution in [3.05, 3.63) is 29.8 Å². The molecule has 0 fully saturated rings. The molecule has 0 bridgehead atoms. The standard InChI is InChI=1S/C15H26N2O/c1-4-15(18,12-16)10-7-11-17(3)14-9-6-5-8-13(14)2/h5-6,8-9,18H,4,7,10-12,16H2,1-3H3. The van der Waals surface area contributed by atoms with Gasteiger partial charge in [-0.1, -0.05) is 25.1 Å². The van der Waals surface area contributed by atoms with E-state index in [2.05, 4.69) is 43.1 Å². The summed E-state index contributed by atoms with van der Waals surface area (Å²) in [5.74, 6) is 0. The lowest BCUT2D eigenvalue weighted by atomic mass is 9.95. The molecule has 0 aliphatic rings. The van der Waals surface area contributed by atoms with Crippen LogP contribution >= 0.6 is 0 Å². The summed E-state index contributed by atoms with van der Waals surface area (Å²) in [7, 11) is 2.09. The summed E-state index contributed by atoms with van der Waals surface area (Å²) < 4.78 is 0. The predicted octanol–water partition coefficient (Wildman–Crippen LogP) is 2.31. The van der Waals surface area contributed by atoms with E-state index in [9.17, 15) is 5.11 Å². The molecule has 1 aromatic carbocycles. The van der Waals surface area contributed by atoms with Crippen LogP contribution < -0.4 is 10.6 Å². The number of nitrogens with two attached hydrogens (primary N) is 1. The SMILES string of the molecule is CCC(O)(CN)CCCN(C)c1ccccc1C. The fraction of sp³-hybridized carbons (Fsp3) is 0.600. The van der Waals surface area contributed by atoms with Gasteiger partial charge in [0.15, 0.2) is 0 Å². The molecule has 0 radical (unpaired) electrons. The maximum atomic E-state index is 10.1. The van der Waals surface area contributed by atoms with Crippen molar-refractivity contribution >= 4 is 5.69 Å². The fourth-order valence-corrected chi connectivity index (χ4v) is 2.18. The molecule has 1 aromatic rings. The number of hydrogen-bond acceptors (Lipinski definition) is 3. The monoisotopic (exact) mass is 250 g/mol. The van der Waals surface area contributed by atoms with Crippen LogP contribution in [0.15, 0.2) is 24.3 Å². The molecule has 0 saturated heterocycles. The average Bonchev–Trinajstić information content (AvgIpc) is 2.39. The molecule has 3 nitrogen and oxygen atoms in total. The number of nitrogens with zero attached hydrogens (tertiary/aromatic N) is 1. The van der Waals surface area contributed by atoms with Gasteiger partial charge in [0.2, 0.25) is 0 Å². The lowest BCUT2D eigenvalue weighted by Gasteiger charge is -2.27. The maximum absolute atomic E-state index is 10.1. The number of benzene rings is 1. The third-order valence-corrected chi connectivity index (χ3v) is 3.70. The molecule has 1 atom stereocenters. The first-order valence-corrected chi connectivity index (χ1v) is 6.71. The molecule has 3 heteroatoms. The van der Waals surface area contributed by atoms with E-state index in [0.717, 1.165) is 25.8 Å². The molecular formula is C15H26N2O. The van der Waals surface area contributed by atoms with Crippen molar-refractivity contribution in [2.45, 2.75) is 38.7 Å². The summed E-state index contributed by atoms with van der Waals surface area (Å²) >= 11 is 0. The largest absolute Gasteiger partial charge is 0.389 e. The van der Waals surface area contributed by atoms with Gasteiger partial charge in [0.25, 0.3) is 0 Å². The second kappa shape index (κ2) is 6.76. The Morgan fingerprint density at radius 2 is 2.00 bits per heavy atom. The summed E-state index contributed by atoms with van der Waals surface area (Å²) in [6.45, 7) is 5.39. The summed E-state index contributed by atoms with van der Waals surface area (Å²) in [6, 6.07) is 8.36. The van der Waals surface area contributed by atoms with Gasteiger partial charge in [-0.3, -0.25) is 0 Å². The summed E-state index contributed by atoms with van der Waals surface area (Å²) in [5.41, 5.74) is 7.46. The highest BCUT2D eigenvalue weighted by Crippen LogP contribution is 2.20. The van der Waals surface area contributed by atoms with Gasteiger partial charge in [-0.05, 0) is 37.8 Å². The zero-order valence-corrected chi connectivity index (χ0v) is 11.8. The molecule has 0 heterocycles. The summed E-state index contributed by atoms with van der Waals surface area (Å²) in [6.07, 6.45) is 2.43. The highest BCUT2D eigenvalue weighted by atomic mass is 16.3. The van der Waals surface area contributed by atoms with Crippen LogP contribution in [-0.4, -0.2) is 30.8 Å². The Labute approximate surface area is 111 Å². The van der Waals surface area contributed by atoms with Crippen molar-refractivity contribution in [2.24, 2.45) is 5.73 Å². The van der Waals surface area contributed by atoms with E-state index in [1.165, 1.54) is 11.3 Å². The minimum atomic E-state index is -0.688. The minimum absolute atomic E-state index is 0.345. The normalized spacial score (nSPS) is 14.3. The minimum Gasteiger partial charge on any atom is -0.389 e. The first-order valence-electron chi connectivity index (χ1n) is 6.71. The Balaban J connectivity index is 2.47. The molecule has 0 spiro atoms. The molecule has 102 valence electrons. The van der Waals surface area contributed by atoms with Gasteiger partial charge in [-0.15, -0.1) is 0 Å². The van der Waals surface area contributed by atoms with Crippen molar-refractivity contribution in [3.63, 3.8) is 0 Å². The molecular weight excluding hydrogens is 224 g/mol. The van der Waals surface area contributed by atoms with Crippen LogP contribution in [0, 0.1) is 6.92 Å². The van der Waals surface area contributed by atoms with Gasteiger partial charge in [0.05, 0.1) is 5.60 Å². The second-order valence-electron chi connectivity index (χ2n) is 5.09. The van der Waals surface area contributed by atoms with Crippen molar-refractivity contribution < 1.29 is 5.11 Å². The number of hydrogen-bond donors (Lipinski definition) is 2. The van der Waals surface area contributed by atoms with Crippen LogP contribution in [0.25, 0.3) is 0 Å². The molecule has 0 amide bonds. The van der Waals surface area contributed by atoms with Gasteiger partial charge in [0, 0.05) is 25.8 Å². The smallest absolute Gasteiger partial charge is 0.0767 e. The van der Waals surface area contributed by atoms with Crippen LogP contribution in [-0.2, 0) is 0 Å². The zero-order chi connectivity index (χ0) is 13.6. The number of aliphatic hydroxyl groups is 1. The molecule has 0 aromatic heterocycles. The molecule has 0 saturated carbocycles. The molecule has 0 aliphatic carbocycles.